The minimum atomic E-state index is 0.122. The molecule has 1 atom stereocenters. The lowest BCUT2D eigenvalue weighted by Crippen LogP contribution is -1.87. The number of rotatable bonds is 1. The molecule has 1 nitrogen and oxygen atoms in total. The van der Waals surface area contributed by atoms with Crippen LogP contribution in [0.2, 0.25) is 0 Å². The summed E-state index contributed by atoms with van der Waals surface area (Å²) in [5.74, 6) is 0.543. The van der Waals surface area contributed by atoms with Crippen molar-refractivity contribution in [2.75, 3.05) is 13.0 Å². The van der Waals surface area contributed by atoms with E-state index in [1.54, 1.807) is 0 Å². The first kappa shape index (κ1) is 10.5. The Kier molecular flexibility index (Phi) is 14.6. The van der Waals surface area contributed by atoms with E-state index in [2.05, 4.69) is 0 Å². The molecule has 0 bridgehead atoms. The van der Waals surface area contributed by atoms with E-state index < -0.39 is 0 Å². The van der Waals surface area contributed by atoms with Gasteiger partial charge in [0.2, 0.25) is 0 Å². The number of halogens is 2. The van der Waals surface area contributed by atoms with E-state index >= 15 is 0 Å². The number of hydrogen-bond donors (Lipinski definition) is 1. The lowest BCUT2D eigenvalue weighted by atomic mass is 10.6. The Hall–Kier alpha value is 0.540. The zero-order valence-corrected chi connectivity index (χ0v) is 6.00. The molecule has 0 spiro atoms. The zero-order valence-electron chi connectivity index (χ0n) is 4.49. The largest absolute Gasteiger partial charge is 0.400 e. The Morgan fingerprint density at radius 3 is 1.71 bits per heavy atom. The summed E-state index contributed by atoms with van der Waals surface area (Å²) in [5.41, 5.74) is 0. The molecule has 0 aromatic carbocycles. The van der Waals surface area contributed by atoms with Crippen molar-refractivity contribution in [1.82, 2.24) is 0 Å². The highest BCUT2D eigenvalue weighted by atomic mass is 35.5. The van der Waals surface area contributed by atoms with Crippen molar-refractivity contribution in [3.05, 3.63) is 0 Å². The average Bonchev–Trinajstić information content (AvgIpc) is 1.73. The molecule has 0 saturated carbocycles. The lowest BCUT2D eigenvalue weighted by molar-refractivity contribution is 0.399. The molecule has 0 rings (SSSR count). The van der Waals surface area contributed by atoms with Gasteiger partial charge < -0.3 is 5.11 Å². The minimum absolute atomic E-state index is 0.122. The molecular weight excluding hydrogens is 135 g/mol. The average molecular weight is 145 g/mol. The fourth-order valence-corrected chi connectivity index (χ4v) is 0. The summed E-state index contributed by atoms with van der Waals surface area (Å²) in [4.78, 5) is 0. The maximum absolute atomic E-state index is 7.00. The molecule has 0 amide bonds. The molecule has 0 fully saturated rings. The van der Waals surface area contributed by atoms with Crippen LogP contribution in [0.1, 0.15) is 6.92 Å². The third-order valence-electron chi connectivity index (χ3n) is 0.213. The molecule has 0 heterocycles. The highest BCUT2D eigenvalue weighted by molar-refractivity contribution is 6.27. The summed E-state index contributed by atoms with van der Waals surface area (Å²) in [6.07, 6.45) is 0. The molecule has 1 unspecified atom stereocenters. The van der Waals surface area contributed by atoms with Gasteiger partial charge in [-0.2, -0.15) is 0 Å². The maximum Gasteiger partial charge on any atom is 0.0443 e. The molecule has 7 heavy (non-hydrogen) atoms. The number of aliphatic hydroxyl groups excluding tert-OH is 1. The van der Waals surface area contributed by atoms with Gasteiger partial charge >= 0.3 is 0 Å². The first-order valence-corrected chi connectivity index (χ1v) is 2.89. The Bertz CT molecular complexity index is 23.7. The predicted molar refractivity (Wildman–Crippen MR) is 34.2 cm³/mol. The molecular formula is C4H10Cl2O. The van der Waals surface area contributed by atoms with E-state index in [0.717, 1.165) is 7.11 Å². The van der Waals surface area contributed by atoms with Gasteiger partial charge in [0.05, 0.1) is 0 Å². The fourth-order valence-electron chi connectivity index (χ4n) is 0. The topological polar surface area (TPSA) is 20.2 Å². The highest BCUT2D eigenvalue weighted by Crippen LogP contribution is 1.93. The second-order valence-corrected chi connectivity index (χ2v) is 1.99. The zero-order chi connectivity index (χ0) is 6.28. The van der Waals surface area contributed by atoms with Crippen molar-refractivity contribution in [3.8, 4) is 0 Å². The van der Waals surface area contributed by atoms with Crippen LogP contribution in [0.15, 0.2) is 0 Å². The summed E-state index contributed by atoms with van der Waals surface area (Å²) in [6, 6.07) is 0. The SMILES string of the molecule is CC(Cl)CCl.CO. The molecule has 46 valence electrons. The van der Waals surface area contributed by atoms with Crippen LogP contribution < -0.4 is 0 Å². The summed E-state index contributed by atoms with van der Waals surface area (Å²) in [7, 11) is 1.00. The Labute approximate surface area is 54.2 Å². The summed E-state index contributed by atoms with van der Waals surface area (Å²) in [5, 5.41) is 7.12. The number of alkyl halides is 2. The lowest BCUT2D eigenvalue weighted by Gasteiger charge is -1.85. The fraction of sp³-hybridized carbons (Fsp3) is 1.00. The molecule has 0 saturated heterocycles. The first-order chi connectivity index (χ1) is 3.27. The normalized spacial score (nSPS) is 11.6. The second-order valence-electron chi connectivity index (χ2n) is 0.935. The molecule has 0 aliphatic rings. The van der Waals surface area contributed by atoms with Gasteiger partial charge in [0.15, 0.2) is 0 Å². The minimum Gasteiger partial charge on any atom is -0.400 e. The molecule has 1 N–H and O–H groups in total. The van der Waals surface area contributed by atoms with E-state index in [1.165, 1.54) is 0 Å². The molecule has 0 aliphatic heterocycles. The Balaban J connectivity index is 0. The third kappa shape index (κ3) is 20.9. The number of aliphatic hydroxyl groups is 1. The molecule has 0 aliphatic carbocycles. The van der Waals surface area contributed by atoms with Gasteiger partial charge in [-0.25, -0.2) is 0 Å². The monoisotopic (exact) mass is 144 g/mol. The van der Waals surface area contributed by atoms with Gasteiger partial charge in [-0.15, -0.1) is 23.2 Å². The predicted octanol–water partition coefficient (Wildman–Crippen LogP) is 1.46. The summed E-state index contributed by atoms with van der Waals surface area (Å²) in [6.45, 7) is 1.86. The van der Waals surface area contributed by atoms with Gasteiger partial charge in [0, 0.05) is 18.4 Å². The van der Waals surface area contributed by atoms with E-state index in [1.807, 2.05) is 6.92 Å². The summed E-state index contributed by atoms with van der Waals surface area (Å²) < 4.78 is 0. The van der Waals surface area contributed by atoms with Gasteiger partial charge in [-0.1, -0.05) is 0 Å². The standard InChI is InChI=1S/C3H6Cl2.CH4O/c1-3(5)2-4;1-2/h3H,2H2,1H3;2H,1H3. The van der Waals surface area contributed by atoms with Crippen LogP contribution in [0.3, 0.4) is 0 Å². The van der Waals surface area contributed by atoms with Crippen LogP contribution in [0, 0.1) is 0 Å². The van der Waals surface area contributed by atoms with Gasteiger partial charge in [-0.3, -0.25) is 0 Å². The van der Waals surface area contributed by atoms with Crippen LogP contribution >= 0.6 is 23.2 Å². The smallest absolute Gasteiger partial charge is 0.0443 e. The van der Waals surface area contributed by atoms with Crippen LogP contribution in [-0.4, -0.2) is 23.5 Å². The molecule has 0 aromatic rings. The molecule has 0 radical (unpaired) electrons. The van der Waals surface area contributed by atoms with Crippen molar-refractivity contribution >= 4 is 23.2 Å². The van der Waals surface area contributed by atoms with Crippen LogP contribution in [-0.2, 0) is 0 Å². The van der Waals surface area contributed by atoms with Crippen molar-refractivity contribution < 1.29 is 5.11 Å². The second kappa shape index (κ2) is 9.74. The van der Waals surface area contributed by atoms with Crippen LogP contribution in [0.25, 0.3) is 0 Å². The third-order valence-corrected chi connectivity index (χ3v) is 0.988. The van der Waals surface area contributed by atoms with Crippen LogP contribution in [0.5, 0.6) is 0 Å². The Morgan fingerprint density at radius 2 is 1.71 bits per heavy atom. The van der Waals surface area contributed by atoms with Crippen molar-refractivity contribution in [3.63, 3.8) is 0 Å². The summed E-state index contributed by atoms with van der Waals surface area (Å²) >= 11 is 10.5. The maximum atomic E-state index is 7.00. The van der Waals surface area contributed by atoms with E-state index in [9.17, 15) is 0 Å². The highest BCUT2D eigenvalue weighted by Gasteiger charge is 1.85. The number of hydrogen-bond acceptors (Lipinski definition) is 1. The molecule has 3 heteroatoms. The van der Waals surface area contributed by atoms with E-state index in [0.29, 0.717) is 5.88 Å². The quantitative estimate of drug-likeness (QED) is 0.553. The first-order valence-electron chi connectivity index (χ1n) is 1.92. The van der Waals surface area contributed by atoms with Crippen LogP contribution in [0.4, 0.5) is 0 Å². The van der Waals surface area contributed by atoms with Crippen molar-refractivity contribution in [1.29, 1.82) is 0 Å². The van der Waals surface area contributed by atoms with Gasteiger partial charge in [0.25, 0.3) is 0 Å². The Morgan fingerprint density at radius 1 is 1.57 bits per heavy atom. The van der Waals surface area contributed by atoms with Gasteiger partial charge in [0.1, 0.15) is 0 Å². The van der Waals surface area contributed by atoms with Gasteiger partial charge in [-0.05, 0) is 6.92 Å². The van der Waals surface area contributed by atoms with Crippen molar-refractivity contribution in [2.24, 2.45) is 0 Å². The van der Waals surface area contributed by atoms with E-state index in [-0.39, 0.29) is 5.38 Å². The molecule has 0 aromatic heterocycles. The van der Waals surface area contributed by atoms with E-state index in [4.69, 9.17) is 28.3 Å². The van der Waals surface area contributed by atoms with Crippen molar-refractivity contribution in [2.45, 2.75) is 12.3 Å².